The second-order valence-corrected chi connectivity index (χ2v) is 10.5. The molecule has 0 saturated heterocycles. The molecule has 1 N–H and O–H groups in total. The molecule has 2 aliphatic carbocycles. The van der Waals surface area contributed by atoms with Gasteiger partial charge in [0.15, 0.2) is 0 Å². The smallest absolute Gasteiger partial charge is 0.272 e. The Morgan fingerprint density at radius 2 is 1.74 bits per heavy atom. The van der Waals surface area contributed by atoms with Crippen molar-refractivity contribution in [3.63, 3.8) is 0 Å². The largest absolute Gasteiger partial charge is 0.477 e. The molecule has 0 radical (unpaired) electrons. The number of hydrogen-bond acceptors (Lipinski definition) is 6. The first-order valence-corrected chi connectivity index (χ1v) is 14.1. The number of aromatic nitrogens is 4. The van der Waals surface area contributed by atoms with Crippen LogP contribution in [0.2, 0.25) is 0 Å². The highest BCUT2D eigenvalue weighted by Gasteiger charge is 2.30. The Hall–Kier alpha value is -3.49. The number of aromatic amines is 1. The molecule has 1 aromatic carbocycles. The SMILES string of the molecule is CCN(CCCCN(CC)C(=O)[C@@H]1CCc2n[nH]nc2C1)C(=O)c1cc2ccccc2c(OCC2CC2)n1. The molecule has 1 saturated carbocycles. The number of carbonyl (C=O) groups is 2. The van der Waals surface area contributed by atoms with Gasteiger partial charge in [-0.1, -0.05) is 18.2 Å². The summed E-state index contributed by atoms with van der Waals surface area (Å²) in [7, 11) is 0. The third kappa shape index (κ3) is 5.97. The zero-order chi connectivity index (χ0) is 26.5. The topological polar surface area (TPSA) is 104 Å². The number of ether oxygens (including phenoxy) is 1. The lowest BCUT2D eigenvalue weighted by Crippen LogP contribution is -2.39. The summed E-state index contributed by atoms with van der Waals surface area (Å²) in [5.41, 5.74) is 2.33. The van der Waals surface area contributed by atoms with E-state index in [2.05, 4.69) is 20.4 Å². The molecular weight excluding hydrogens is 480 g/mol. The summed E-state index contributed by atoms with van der Waals surface area (Å²) in [6, 6.07) is 9.80. The van der Waals surface area contributed by atoms with Crippen molar-refractivity contribution >= 4 is 22.6 Å². The van der Waals surface area contributed by atoms with E-state index in [1.165, 1.54) is 12.8 Å². The molecule has 0 aliphatic heterocycles. The Morgan fingerprint density at radius 3 is 2.50 bits per heavy atom. The minimum Gasteiger partial charge on any atom is -0.477 e. The molecule has 5 rings (SSSR count). The molecule has 2 aromatic heterocycles. The third-order valence-corrected chi connectivity index (χ3v) is 7.77. The third-order valence-electron chi connectivity index (χ3n) is 7.77. The number of fused-ring (bicyclic) bond motifs is 2. The van der Waals surface area contributed by atoms with Gasteiger partial charge in [-0.05, 0) is 75.8 Å². The minimum atomic E-state index is -0.0800. The molecule has 2 aliphatic rings. The van der Waals surface area contributed by atoms with Gasteiger partial charge in [-0.25, -0.2) is 4.98 Å². The maximum Gasteiger partial charge on any atom is 0.272 e. The Kier molecular flexibility index (Phi) is 8.20. The highest BCUT2D eigenvalue weighted by Crippen LogP contribution is 2.31. The van der Waals surface area contributed by atoms with Crippen molar-refractivity contribution in [2.75, 3.05) is 32.8 Å². The van der Waals surface area contributed by atoms with Gasteiger partial charge in [0, 0.05) is 43.9 Å². The summed E-state index contributed by atoms with van der Waals surface area (Å²) >= 11 is 0. The Morgan fingerprint density at radius 1 is 1.00 bits per heavy atom. The van der Waals surface area contributed by atoms with Crippen LogP contribution in [-0.2, 0) is 17.6 Å². The average Bonchev–Trinajstić information content (AvgIpc) is 3.67. The summed E-state index contributed by atoms with van der Waals surface area (Å²) in [5, 5.41) is 13.0. The van der Waals surface area contributed by atoms with Crippen LogP contribution in [0.15, 0.2) is 30.3 Å². The number of benzene rings is 1. The number of nitrogens with zero attached hydrogens (tertiary/aromatic N) is 5. The van der Waals surface area contributed by atoms with Crippen molar-refractivity contribution in [1.29, 1.82) is 0 Å². The molecule has 2 amide bonds. The summed E-state index contributed by atoms with van der Waals surface area (Å²) in [4.78, 5) is 35.0. The highest BCUT2D eigenvalue weighted by molar-refractivity contribution is 5.98. The van der Waals surface area contributed by atoms with Crippen LogP contribution in [-0.4, -0.2) is 74.8 Å². The van der Waals surface area contributed by atoms with Crippen LogP contribution in [0.4, 0.5) is 0 Å². The van der Waals surface area contributed by atoms with Crippen LogP contribution in [0.3, 0.4) is 0 Å². The van der Waals surface area contributed by atoms with Gasteiger partial charge in [0.25, 0.3) is 5.91 Å². The van der Waals surface area contributed by atoms with E-state index >= 15 is 0 Å². The van der Waals surface area contributed by atoms with Crippen molar-refractivity contribution in [1.82, 2.24) is 30.2 Å². The molecule has 0 spiro atoms. The van der Waals surface area contributed by atoms with Crippen molar-refractivity contribution in [3.8, 4) is 5.88 Å². The molecule has 0 unspecified atom stereocenters. The molecule has 9 nitrogen and oxygen atoms in total. The van der Waals surface area contributed by atoms with E-state index in [0.717, 1.165) is 47.8 Å². The molecule has 1 atom stereocenters. The fourth-order valence-corrected chi connectivity index (χ4v) is 5.22. The van der Waals surface area contributed by atoms with Crippen LogP contribution in [0.25, 0.3) is 10.8 Å². The second kappa shape index (κ2) is 11.9. The monoisotopic (exact) mass is 518 g/mol. The highest BCUT2D eigenvalue weighted by atomic mass is 16.5. The maximum absolute atomic E-state index is 13.4. The summed E-state index contributed by atoms with van der Waals surface area (Å²) < 4.78 is 6.04. The van der Waals surface area contributed by atoms with E-state index in [-0.39, 0.29) is 17.7 Å². The molecule has 0 bridgehead atoms. The molecule has 38 heavy (non-hydrogen) atoms. The summed E-state index contributed by atoms with van der Waals surface area (Å²) in [5.74, 6) is 1.24. The number of H-pyrrole nitrogens is 1. The second-order valence-electron chi connectivity index (χ2n) is 10.5. The van der Waals surface area contributed by atoms with E-state index in [9.17, 15) is 9.59 Å². The van der Waals surface area contributed by atoms with Gasteiger partial charge >= 0.3 is 0 Å². The predicted octanol–water partition coefficient (Wildman–Crippen LogP) is 4.04. The number of aryl methyl sites for hydroxylation is 1. The number of rotatable bonds is 12. The number of carbonyl (C=O) groups excluding carboxylic acids is 2. The van der Waals surface area contributed by atoms with Gasteiger partial charge in [-0.3, -0.25) is 9.59 Å². The van der Waals surface area contributed by atoms with Crippen molar-refractivity contribution < 1.29 is 14.3 Å². The lowest BCUT2D eigenvalue weighted by Gasteiger charge is -2.28. The van der Waals surface area contributed by atoms with Gasteiger partial charge < -0.3 is 14.5 Å². The molecule has 9 heteroatoms. The van der Waals surface area contributed by atoms with Gasteiger partial charge in [0.1, 0.15) is 5.69 Å². The van der Waals surface area contributed by atoms with Crippen LogP contribution in [0, 0.1) is 11.8 Å². The van der Waals surface area contributed by atoms with Crippen molar-refractivity contribution in [2.45, 2.75) is 58.8 Å². The van der Waals surface area contributed by atoms with E-state index in [4.69, 9.17) is 4.74 Å². The first-order chi connectivity index (χ1) is 18.6. The van der Waals surface area contributed by atoms with Crippen LogP contribution < -0.4 is 4.74 Å². The maximum atomic E-state index is 13.4. The lowest BCUT2D eigenvalue weighted by molar-refractivity contribution is -0.135. The number of hydrogen-bond donors (Lipinski definition) is 1. The van der Waals surface area contributed by atoms with E-state index in [0.29, 0.717) is 56.7 Å². The predicted molar refractivity (Wildman–Crippen MR) is 145 cm³/mol. The van der Waals surface area contributed by atoms with Crippen LogP contribution in [0.1, 0.15) is 67.8 Å². The van der Waals surface area contributed by atoms with Gasteiger partial charge in [0.05, 0.1) is 18.0 Å². The molecule has 1 fully saturated rings. The number of unbranched alkanes of at least 4 members (excludes halogenated alkanes) is 1. The number of amides is 2. The Bertz CT molecular complexity index is 1270. The molecule has 202 valence electrons. The fraction of sp³-hybridized carbons (Fsp3) is 0.552. The standard InChI is InChI=1S/C29H38N6O3/c1-3-34(28(36)22-13-14-24-25(18-22)32-33-31-24)15-7-8-16-35(4-2)29(37)26-17-21-9-5-6-10-23(21)27(30-26)38-19-20-11-12-20/h5-6,9-10,17,20,22H,3-4,7-8,11-16,18-19H2,1-2H3,(H,31,32,33)/t22-/m1/s1. The quantitative estimate of drug-likeness (QED) is 0.363. The summed E-state index contributed by atoms with van der Waals surface area (Å²) in [6.07, 6.45) is 6.33. The summed E-state index contributed by atoms with van der Waals surface area (Å²) in [6.45, 7) is 7.27. The molecule has 2 heterocycles. The van der Waals surface area contributed by atoms with Crippen LogP contribution in [0.5, 0.6) is 5.88 Å². The number of pyridine rings is 1. The van der Waals surface area contributed by atoms with E-state index in [1.807, 2.05) is 54.0 Å². The zero-order valence-electron chi connectivity index (χ0n) is 22.5. The van der Waals surface area contributed by atoms with Crippen molar-refractivity contribution in [2.24, 2.45) is 11.8 Å². The van der Waals surface area contributed by atoms with Gasteiger partial charge in [-0.15, -0.1) is 0 Å². The minimum absolute atomic E-state index is 0.0309. The Balaban J connectivity index is 1.16. The van der Waals surface area contributed by atoms with E-state index < -0.39 is 0 Å². The average molecular weight is 519 g/mol. The normalized spacial score (nSPS) is 16.7. The van der Waals surface area contributed by atoms with Crippen LogP contribution >= 0.6 is 0 Å². The first kappa shape index (κ1) is 26.1. The molecular formula is C29H38N6O3. The fourth-order valence-electron chi connectivity index (χ4n) is 5.22. The van der Waals surface area contributed by atoms with E-state index in [1.54, 1.807) is 0 Å². The molecule has 3 aromatic rings. The lowest BCUT2D eigenvalue weighted by atomic mass is 9.88. The first-order valence-electron chi connectivity index (χ1n) is 14.1. The van der Waals surface area contributed by atoms with Crippen molar-refractivity contribution in [3.05, 3.63) is 47.4 Å². The van der Waals surface area contributed by atoms with Gasteiger partial charge in [-0.2, -0.15) is 15.4 Å². The van der Waals surface area contributed by atoms with Gasteiger partial charge in [0.2, 0.25) is 11.8 Å². The Labute approximate surface area is 223 Å². The zero-order valence-corrected chi connectivity index (χ0v) is 22.5. The number of nitrogens with one attached hydrogen (secondary N) is 1.